The van der Waals surface area contributed by atoms with Crippen LogP contribution in [0.1, 0.15) is 11.1 Å². The molecule has 0 unspecified atom stereocenters. The van der Waals surface area contributed by atoms with Crippen LogP contribution in [0.5, 0.6) is 0 Å². The second kappa shape index (κ2) is 6.64. The van der Waals surface area contributed by atoms with Gasteiger partial charge in [0.25, 0.3) is 0 Å². The first-order valence-electron chi connectivity index (χ1n) is 6.04. The van der Waals surface area contributed by atoms with E-state index in [4.69, 9.17) is 28.3 Å². The van der Waals surface area contributed by atoms with Gasteiger partial charge in [-0.3, -0.25) is 4.79 Å². The smallest absolute Gasteiger partial charge is 0.307 e. The van der Waals surface area contributed by atoms with E-state index >= 15 is 0 Å². The lowest BCUT2D eigenvalue weighted by Gasteiger charge is -2.10. The molecular weight excluding hydrogens is 297 g/mol. The molecule has 20 heavy (non-hydrogen) atoms. The molecular formula is C15H13Cl2NO2. The number of benzene rings is 2. The van der Waals surface area contributed by atoms with Gasteiger partial charge in [-0.1, -0.05) is 41.4 Å². The van der Waals surface area contributed by atoms with Crippen molar-refractivity contribution in [1.82, 2.24) is 0 Å². The number of aliphatic carboxylic acids is 1. The molecule has 0 saturated heterocycles. The van der Waals surface area contributed by atoms with Crippen LogP contribution in [0, 0.1) is 0 Å². The van der Waals surface area contributed by atoms with Crippen LogP contribution in [0.3, 0.4) is 0 Å². The van der Waals surface area contributed by atoms with Crippen molar-refractivity contribution in [2.45, 2.75) is 13.0 Å². The third-order valence-electron chi connectivity index (χ3n) is 2.84. The fourth-order valence-corrected chi connectivity index (χ4v) is 2.34. The van der Waals surface area contributed by atoms with Gasteiger partial charge in [0.15, 0.2) is 0 Å². The fourth-order valence-electron chi connectivity index (χ4n) is 1.81. The number of anilines is 1. The first-order valence-corrected chi connectivity index (χ1v) is 6.79. The largest absolute Gasteiger partial charge is 0.481 e. The Bertz CT molecular complexity index is 592. The molecule has 104 valence electrons. The van der Waals surface area contributed by atoms with Crippen LogP contribution in [-0.4, -0.2) is 11.1 Å². The quantitative estimate of drug-likeness (QED) is 0.869. The summed E-state index contributed by atoms with van der Waals surface area (Å²) in [6.45, 7) is 0.511. The number of carbonyl (C=O) groups is 1. The van der Waals surface area contributed by atoms with Gasteiger partial charge in [0, 0.05) is 27.8 Å². The van der Waals surface area contributed by atoms with E-state index < -0.39 is 5.97 Å². The summed E-state index contributed by atoms with van der Waals surface area (Å²) in [5, 5.41) is 13.1. The van der Waals surface area contributed by atoms with Crippen molar-refractivity contribution < 1.29 is 9.90 Å². The number of carboxylic acid groups (broad SMARTS) is 1. The minimum atomic E-state index is -0.839. The van der Waals surface area contributed by atoms with E-state index in [0.29, 0.717) is 16.6 Å². The maximum Gasteiger partial charge on any atom is 0.307 e. The van der Waals surface area contributed by atoms with Crippen molar-refractivity contribution in [2.24, 2.45) is 0 Å². The normalized spacial score (nSPS) is 10.3. The number of nitrogens with one attached hydrogen (secondary N) is 1. The Hall–Kier alpha value is -1.71. The second-order valence-electron chi connectivity index (χ2n) is 4.32. The van der Waals surface area contributed by atoms with Crippen LogP contribution >= 0.6 is 23.2 Å². The highest BCUT2D eigenvalue weighted by Gasteiger charge is 2.05. The van der Waals surface area contributed by atoms with E-state index in [1.165, 1.54) is 0 Å². The van der Waals surface area contributed by atoms with Crippen LogP contribution in [0.15, 0.2) is 42.5 Å². The van der Waals surface area contributed by atoms with Gasteiger partial charge in [-0.2, -0.15) is 0 Å². The fraction of sp³-hybridized carbons (Fsp3) is 0.133. The van der Waals surface area contributed by atoms with E-state index in [-0.39, 0.29) is 6.42 Å². The van der Waals surface area contributed by atoms with Gasteiger partial charge in [-0.15, -0.1) is 0 Å². The monoisotopic (exact) mass is 309 g/mol. The van der Waals surface area contributed by atoms with E-state index in [9.17, 15) is 4.79 Å². The summed E-state index contributed by atoms with van der Waals surface area (Å²) < 4.78 is 0. The minimum Gasteiger partial charge on any atom is -0.481 e. The standard InChI is InChI=1S/C15H13Cl2NO2/c16-13-2-1-3-14(17)12(13)9-18-11-6-4-10(5-7-11)8-15(19)20/h1-7,18H,8-9H2,(H,19,20). The molecule has 5 heteroatoms. The minimum absolute atomic E-state index is 0.0244. The lowest BCUT2D eigenvalue weighted by molar-refractivity contribution is -0.136. The lowest BCUT2D eigenvalue weighted by atomic mass is 10.1. The Morgan fingerprint density at radius 2 is 1.65 bits per heavy atom. The van der Waals surface area contributed by atoms with Gasteiger partial charge in [0.2, 0.25) is 0 Å². The van der Waals surface area contributed by atoms with Crippen LogP contribution < -0.4 is 5.32 Å². The molecule has 0 amide bonds. The molecule has 2 N–H and O–H groups in total. The van der Waals surface area contributed by atoms with Gasteiger partial charge in [-0.25, -0.2) is 0 Å². The molecule has 0 aliphatic rings. The molecule has 0 aliphatic carbocycles. The van der Waals surface area contributed by atoms with Gasteiger partial charge >= 0.3 is 5.97 Å². The first-order chi connectivity index (χ1) is 9.56. The molecule has 0 atom stereocenters. The van der Waals surface area contributed by atoms with Crippen LogP contribution in [-0.2, 0) is 17.8 Å². The van der Waals surface area contributed by atoms with Crippen molar-refractivity contribution >= 4 is 34.9 Å². The molecule has 2 rings (SSSR count). The lowest BCUT2D eigenvalue weighted by Crippen LogP contribution is -2.02. The van der Waals surface area contributed by atoms with E-state index in [2.05, 4.69) is 5.32 Å². The Labute approximate surface area is 127 Å². The van der Waals surface area contributed by atoms with Crippen LogP contribution in [0.25, 0.3) is 0 Å². The molecule has 2 aromatic rings. The van der Waals surface area contributed by atoms with Crippen molar-refractivity contribution in [2.75, 3.05) is 5.32 Å². The Kier molecular flexibility index (Phi) is 4.88. The number of hydrogen-bond donors (Lipinski definition) is 2. The average Bonchev–Trinajstić information content (AvgIpc) is 2.39. The summed E-state index contributed by atoms with van der Waals surface area (Å²) in [5.74, 6) is -0.839. The highest BCUT2D eigenvalue weighted by molar-refractivity contribution is 6.36. The molecule has 0 radical (unpaired) electrons. The topological polar surface area (TPSA) is 49.3 Å². The van der Waals surface area contributed by atoms with E-state index in [0.717, 1.165) is 16.8 Å². The molecule has 0 heterocycles. The third kappa shape index (κ3) is 3.89. The predicted octanol–water partition coefficient (Wildman–Crippen LogP) is 4.23. The number of halogens is 2. The molecule has 0 bridgehead atoms. The zero-order valence-electron chi connectivity index (χ0n) is 10.6. The summed E-state index contributed by atoms with van der Waals surface area (Å²) >= 11 is 12.2. The molecule has 0 spiro atoms. The summed E-state index contributed by atoms with van der Waals surface area (Å²) in [6.07, 6.45) is 0.0244. The SMILES string of the molecule is O=C(O)Cc1ccc(NCc2c(Cl)cccc2Cl)cc1. The molecule has 3 nitrogen and oxygen atoms in total. The van der Waals surface area contributed by atoms with Gasteiger partial charge in [-0.05, 0) is 29.8 Å². The summed E-state index contributed by atoms with van der Waals surface area (Å²) in [6, 6.07) is 12.6. The summed E-state index contributed by atoms with van der Waals surface area (Å²) in [7, 11) is 0. The molecule has 0 saturated carbocycles. The maximum atomic E-state index is 10.6. The van der Waals surface area contributed by atoms with E-state index in [1.807, 2.05) is 12.1 Å². The number of carboxylic acids is 1. The average molecular weight is 310 g/mol. The maximum absolute atomic E-state index is 10.6. The van der Waals surface area contributed by atoms with Crippen molar-refractivity contribution in [3.05, 3.63) is 63.6 Å². The molecule has 0 fully saturated rings. The number of hydrogen-bond acceptors (Lipinski definition) is 2. The molecule has 0 aliphatic heterocycles. The van der Waals surface area contributed by atoms with Crippen molar-refractivity contribution in [1.29, 1.82) is 0 Å². The van der Waals surface area contributed by atoms with Crippen LogP contribution in [0.4, 0.5) is 5.69 Å². The zero-order chi connectivity index (χ0) is 14.5. The van der Waals surface area contributed by atoms with Gasteiger partial charge < -0.3 is 10.4 Å². The third-order valence-corrected chi connectivity index (χ3v) is 3.55. The zero-order valence-corrected chi connectivity index (χ0v) is 12.1. The molecule has 2 aromatic carbocycles. The molecule has 0 aromatic heterocycles. The number of rotatable bonds is 5. The van der Waals surface area contributed by atoms with Crippen molar-refractivity contribution in [3.8, 4) is 0 Å². The Morgan fingerprint density at radius 1 is 1.05 bits per heavy atom. The van der Waals surface area contributed by atoms with Gasteiger partial charge in [0.05, 0.1) is 6.42 Å². The Morgan fingerprint density at radius 3 is 2.20 bits per heavy atom. The predicted molar refractivity (Wildman–Crippen MR) is 81.6 cm³/mol. The summed E-state index contributed by atoms with van der Waals surface area (Å²) in [4.78, 5) is 10.6. The Balaban J connectivity index is 2.02. The summed E-state index contributed by atoms with van der Waals surface area (Å²) in [5.41, 5.74) is 2.49. The second-order valence-corrected chi connectivity index (χ2v) is 5.14. The highest BCUT2D eigenvalue weighted by Crippen LogP contribution is 2.25. The van der Waals surface area contributed by atoms with E-state index in [1.54, 1.807) is 30.3 Å². The van der Waals surface area contributed by atoms with Crippen LogP contribution in [0.2, 0.25) is 10.0 Å². The van der Waals surface area contributed by atoms with Crippen molar-refractivity contribution in [3.63, 3.8) is 0 Å². The van der Waals surface area contributed by atoms with Gasteiger partial charge in [0.1, 0.15) is 0 Å². The highest BCUT2D eigenvalue weighted by atomic mass is 35.5. The first kappa shape index (κ1) is 14.7.